The molecule has 0 radical (unpaired) electrons. The van der Waals surface area contributed by atoms with Crippen LogP contribution < -0.4 is 15.0 Å². The van der Waals surface area contributed by atoms with Crippen molar-refractivity contribution in [2.75, 3.05) is 45.9 Å². The third-order valence-electron chi connectivity index (χ3n) is 5.45. The largest absolute Gasteiger partial charge is 0.495 e. The van der Waals surface area contributed by atoms with Crippen LogP contribution in [0.2, 0.25) is 0 Å². The van der Waals surface area contributed by atoms with E-state index >= 15 is 0 Å². The lowest BCUT2D eigenvalue weighted by molar-refractivity contribution is -0.145. The van der Waals surface area contributed by atoms with Crippen LogP contribution in [0, 0.1) is 5.92 Å². The minimum Gasteiger partial charge on any atom is -0.495 e. The molecule has 2 aliphatic rings. The summed E-state index contributed by atoms with van der Waals surface area (Å²) >= 11 is 0. The average Bonchev–Trinajstić information content (AvgIpc) is 2.74. The fourth-order valence-electron chi connectivity index (χ4n) is 3.87. The number of carbonyl (C=O) groups excluding carboxylic acids is 3. The molecule has 1 N–H and O–H groups in total. The average molecular weight is 405 g/mol. The van der Waals surface area contributed by atoms with Crippen LogP contribution in [0.1, 0.15) is 29.6 Å². The van der Waals surface area contributed by atoms with Crippen molar-refractivity contribution < 1.29 is 28.6 Å². The van der Waals surface area contributed by atoms with Crippen LogP contribution in [-0.2, 0) is 14.3 Å². The number of nitrogens with zero attached hydrogens (tertiary/aromatic N) is 2. The van der Waals surface area contributed by atoms with Gasteiger partial charge >= 0.3 is 6.03 Å². The second kappa shape index (κ2) is 9.23. The van der Waals surface area contributed by atoms with Crippen LogP contribution in [0.25, 0.3) is 0 Å². The number of benzene rings is 1. The normalized spacial score (nSPS) is 18.2. The van der Waals surface area contributed by atoms with Gasteiger partial charge in [0.2, 0.25) is 5.91 Å². The minimum atomic E-state index is -0.518. The molecule has 4 amide bonds. The zero-order valence-electron chi connectivity index (χ0n) is 17.0. The molecule has 158 valence electrons. The molecule has 2 aliphatic heterocycles. The maximum Gasteiger partial charge on any atom is 0.328 e. The Kier molecular flexibility index (Phi) is 6.71. The number of likely N-dealkylation sites (tertiary alicyclic amines) is 1. The molecular formula is C20H27N3O6. The van der Waals surface area contributed by atoms with Gasteiger partial charge in [-0.1, -0.05) is 0 Å². The lowest BCUT2D eigenvalue weighted by atomic mass is 9.95. The summed E-state index contributed by atoms with van der Waals surface area (Å²) in [5.41, 5.74) is 0.941. The van der Waals surface area contributed by atoms with Crippen molar-refractivity contribution in [1.82, 2.24) is 10.2 Å². The number of piperidine rings is 1. The highest BCUT2D eigenvalue weighted by Gasteiger charge is 2.31. The number of carbonyl (C=O) groups is 3. The zero-order valence-corrected chi connectivity index (χ0v) is 17.0. The predicted octanol–water partition coefficient (Wildman–Crippen LogP) is 1.61. The molecule has 3 rings (SSSR count). The monoisotopic (exact) mass is 405 g/mol. The summed E-state index contributed by atoms with van der Waals surface area (Å²) in [6.07, 6.45) is 1.51. The summed E-state index contributed by atoms with van der Waals surface area (Å²) < 4.78 is 16.0. The molecule has 29 heavy (non-hydrogen) atoms. The molecule has 0 aliphatic carbocycles. The number of urea groups is 1. The second-order valence-electron chi connectivity index (χ2n) is 7.11. The smallest absolute Gasteiger partial charge is 0.328 e. The Morgan fingerprint density at radius 3 is 2.38 bits per heavy atom. The van der Waals surface area contributed by atoms with E-state index in [1.165, 1.54) is 12.0 Å². The highest BCUT2D eigenvalue weighted by Crippen LogP contribution is 2.32. The summed E-state index contributed by atoms with van der Waals surface area (Å²) in [6, 6.07) is 4.49. The van der Waals surface area contributed by atoms with E-state index in [4.69, 9.17) is 14.2 Å². The van der Waals surface area contributed by atoms with Crippen LogP contribution in [0.5, 0.6) is 5.75 Å². The Hall–Kier alpha value is -2.65. The summed E-state index contributed by atoms with van der Waals surface area (Å²) in [5.74, 6) is 0.292. The number of imide groups is 1. The van der Waals surface area contributed by atoms with Crippen molar-refractivity contribution in [1.29, 1.82) is 0 Å². The van der Waals surface area contributed by atoms with Crippen LogP contribution in [0.4, 0.5) is 10.5 Å². The topological polar surface area (TPSA) is 97.4 Å². The first-order chi connectivity index (χ1) is 14.0. The Labute approximate surface area is 169 Å². The second-order valence-corrected chi connectivity index (χ2v) is 7.11. The van der Waals surface area contributed by atoms with Gasteiger partial charge < -0.3 is 19.1 Å². The molecule has 0 spiro atoms. The standard InChI is InChI=1S/C20H27N3O6/c1-27-16-5-4-14(12-15(16)23-11-8-17(24)21-20(23)26)18(25)22-9-6-13(7-10-22)19(28-2)29-3/h4-5,12-13,19H,6-11H2,1-3H3,(H,21,24,26). The van der Waals surface area contributed by atoms with E-state index < -0.39 is 6.03 Å². The van der Waals surface area contributed by atoms with Gasteiger partial charge in [-0.15, -0.1) is 0 Å². The van der Waals surface area contributed by atoms with E-state index in [-0.39, 0.29) is 37.0 Å². The van der Waals surface area contributed by atoms with Crippen molar-refractivity contribution >= 4 is 23.5 Å². The Balaban J connectivity index is 1.75. The molecule has 0 saturated carbocycles. The SMILES string of the molecule is COc1ccc(C(=O)N2CCC(C(OC)OC)CC2)cc1N1CCC(=O)NC1=O. The molecule has 2 heterocycles. The van der Waals surface area contributed by atoms with Crippen LogP contribution in [0.3, 0.4) is 0 Å². The number of ether oxygens (including phenoxy) is 3. The number of nitrogens with one attached hydrogen (secondary N) is 1. The van der Waals surface area contributed by atoms with Gasteiger partial charge in [0.05, 0.1) is 12.8 Å². The van der Waals surface area contributed by atoms with E-state index in [0.717, 1.165) is 12.8 Å². The number of hydrogen-bond acceptors (Lipinski definition) is 6. The van der Waals surface area contributed by atoms with Crippen molar-refractivity contribution in [3.63, 3.8) is 0 Å². The first kappa shape index (κ1) is 21.1. The molecule has 9 heteroatoms. The fourth-order valence-corrected chi connectivity index (χ4v) is 3.87. The molecule has 9 nitrogen and oxygen atoms in total. The first-order valence-corrected chi connectivity index (χ1v) is 9.62. The summed E-state index contributed by atoms with van der Waals surface area (Å²) in [6.45, 7) is 1.44. The summed E-state index contributed by atoms with van der Waals surface area (Å²) in [7, 11) is 4.74. The van der Waals surface area contributed by atoms with E-state index in [1.54, 1.807) is 37.3 Å². The van der Waals surface area contributed by atoms with Gasteiger partial charge in [0.25, 0.3) is 5.91 Å². The van der Waals surface area contributed by atoms with Gasteiger partial charge in [-0.3, -0.25) is 19.8 Å². The summed E-state index contributed by atoms with van der Waals surface area (Å²) in [5, 5.41) is 2.29. The van der Waals surface area contributed by atoms with E-state index in [2.05, 4.69) is 5.32 Å². The number of rotatable bonds is 6. The molecule has 0 aromatic heterocycles. The van der Waals surface area contributed by atoms with Gasteiger partial charge in [0.1, 0.15) is 5.75 Å². The minimum absolute atomic E-state index is 0.104. The van der Waals surface area contributed by atoms with Gasteiger partial charge in [0.15, 0.2) is 6.29 Å². The molecule has 1 aromatic carbocycles. The van der Waals surface area contributed by atoms with Crippen LogP contribution in [0.15, 0.2) is 18.2 Å². The number of anilines is 1. The maximum atomic E-state index is 13.0. The van der Waals surface area contributed by atoms with E-state index in [0.29, 0.717) is 30.1 Å². The maximum absolute atomic E-state index is 13.0. The lowest BCUT2D eigenvalue weighted by Crippen LogP contribution is -2.49. The number of methoxy groups -OCH3 is 3. The first-order valence-electron chi connectivity index (χ1n) is 9.62. The number of amides is 4. The molecule has 0 atom stereocenters. The molecule has 1 aromatic rings. The Morgan fingerprint density at radius 2 is 1.79 bits per heavy atom. The highest BCUT2D eigenvalue weighted by molar-refractivity contribution is 6.07. The van der Waals surface area contributed by atoms with Gasteiger partial charge in [-0.2, -0.15) is 0 Å². The van der Waals surface area contributed by atoms with E-state index in [1.807, 2.05) is 0 Å². The molecule has 0 unspecified atom stereocenters. The highest BCUT2D eigenvalue weighted by atomic mass is 16.7. The molecule has 0 bridgehead atoms. The van der Waals surface area contributed by atoms with Crippen molar-refractivity contribution in [3.8, 4) is 5.75 Å². The Morgan fingerprint density at radius 1 is 1.10 bits per heavy atom. The van der Waals surface area contributed by atoms with Crippen molar-refractivity contribution in [2.45, 2.75) is 25.6 Å². The fraction of sp³-hybridized carbons (Fsp3) is 0.550. The van der Waals surface area contributed by atoms with Crippen LogP contribution >= 0.6 is 0 Å². The van der Waals surface area contributed by atoms with Gasteiger partial charge in [-0.25, -0.2) is 4.79 Å². The zero-order chi connectivity index (χ0) is 21.0. The third-order valence-corrected chi connectivity index (χ3v) is 5.45. The number of hydrogen-bond donors (Lipinski definition) is 1. The third kappa shape index (κ3) is 4.51. The lowest BCUT2D eigenvalue weighted by Gasteiger charge is -2.35. The predicted molar refractivity (Wildman–Crippen MR) is 105 cm³/mol. The quantitative estimate of drug-likeness (QED) is 0.723. The van der Waals surface area contributed by atoms with Crippen molar-refractivity contribution in [3.05, 3.63) is 23.8 Å². The molecule has 2 fully saturated rings. The Bertz CT molecular complexity index is 771. The van der Waals surface area contributed by atoms with Crippen LogP contribution in [-0.4, -0.2) is 70.0 Å². The van der Waals surface area contributed by atoms with Gasteiger partial charge in [-0.05, 0) is 31.0 Å². The molecular weight excluding hydrogens is 378 g/mol. The van der Waals surface area contributed by atoms with E-state index in [9.17, 15) is 14.4 Å². The summed E-state index contributed by atoms with van der Waals surface area (Å²) in [4.78, 5) is 39.9. The van der Waals surface area contributed by atoms with Gasteiger partial charge in [0, 0.05) is 51.8 Å². The van der Waals surface area contributed by atoms with Crippen molar-refractivity contribution in [2.24, 2.45) is 5.92 Å². The molecule has 2 saturated heterocycles.